The predicted octanol–water partition coefficient (Wildman–Crippen LogP) is 4.49. The molecule has 1 atom stereocenters. The minimum atomic E-state index is -4.61. The Hall–Kier alpha value is 0.540. The minimum Gasteiger partial charge on any atom is -0.463 e. The van der Waals surface area contributed by atoms with E-state index in [1.165, 1.54) is 70.6 Å². The Labute approximate surface area is 198 Å². The first kappa shape index (κ1) is 31.7. The molecule has 0 saturated heterocycles. The molecule has 0 aliphatic heterocycles. The van der Waals surface area contributed by atoms with E-state index in [1.807, 2.05) is 0 Å². The Balaban J connectivity index is 0. The summed E-state index contributed by atoms with van der Waals surface area (Å²) in [6.45, 7) is 1.35. The SMILES string of the molecule is CCCCCCCCCCCCCCCCC(=O)OC[C@@H](O)COP(=O)(O)O.[Na]. The molecule has 0 aliphatic rings. The van der Waals surface area contributed by atoms with Crippen LogP contribution in [0.2, 0.25) is 0 Å². The van der Waals surface area contributed by atoms with Gasteiger partial charge >= 0.3 is 13.8 Å². The zero-order valence-corrected chi connectivity index (χ0v) is 21.4. The van der Waals surface area contributed by atoms with Gasteiger partial charge in [0.25, 0.3) is 0 Å². The van der Waals surface area contributed by atoms with Crippen LogP contribution < -0.4 is 0 Å². The fraction of sp³-hybridized carbons (Fsp3) is 0.950. The molecule has 29 heavy (non-hydrogen) atoms. The zero-order valence-electron chi connectivity index (χ0n) is 18.5. The zero-order chi connectivity index (χ0) is 21.1. The van der Waals surface area contributed by atoms with Crippen LogP contribution in [0.3, 0.4) is 0 Å². The first-order valence-electron chi connectivity index (χ1n) is 10.9. The fourth-order valence-corrected chi connectivity index (χ4v) is 3.32. The van der Waals surface area contributed by atoms with Gasteiger partial charge in [-0.05, 0) is 6.42 Å². The molecule has 0 rings (SSSR count). The first-order chi connectivity index (χ1) is 13.3. The second kappa shape index (κ2) is 21.8. The van der Waals surface area contributed by atoms with Crippen molar-refractivity contribution in [2.45, 2.75) is 109 Å². The van der Waals surface area contributed by atoms with Gasteiger partial charge in [-0.25, -0.2) is 4.57 Å². The first-order valence-corrected chi connectivity index (χ1v) is 12.4. The largest absolute Gasteiger partial charge is 0.469 e. The number of ether oxygens (including phenoxy) is 1. The molecule has 169 valence electrons. The van der Waals surface area contributed by atoms with E-state index < -0.39 is 26.5 Å². The van der Waals surface area contributed by atoms with Gasteiger partial charge in [0.05, 0.1) is 6.61 Å². The number of phosphoric ester groups is 1. The summed E-state index contributed by atoms with van der Waals surface area (Å²) in [5.41, 5.74) is 0. The maximum absolute atomic E-state index is 11.5. The molecule has 0 unspecified atom stereocenters. The molecule has 0 aromatic rings. The van der Waals surface area contributed by atoms with Crippen LogP contribution in [0.4, 0.5) is 0 Å². The summed E-state index contributed by atoms with van der Waals surface area (Å²) < 4.78 is 19.5. The molecule has 1 radical (unpaired) electrons. The van der Waals surface area contributed by atoms with E-state index in [9.17, 15) is 14.5 Å². The van der Waals surface area contributed by atoms with Gasteiger partial charge in [-0.1, -0.05) is 90.4 Å². The number of hydrogen-bond acceptors (Lipinski definition) is 5. The van der Waals surface area contributed by atoms with Crippen molar-refractivity contribution in [1.82, 2.24) is 0 Å². The molecule has 9 heteroatoms. The summed E-state index contributed by atoms with van der Waals surface area (Å²) >= 11 is 0. The van der Waals surface area contributed by atoms with Crippen LogP contribution in [0, 0.1) is 0 Å². The van der Waals surface area contributed by atoms with Crippen LogP contribution in [-0.4, -0.2) is 69.7 Å². The van der Waals surface area contributed by atoms with Crippen molar-refractivity contribution >= 4 is 43.3 Å². The number of aliphatic hydroxyl groups is 1. The molecular weight excluding hydrogens is 406 g/mol. The van der Waals surface area contributed by atoms with Gasteiger partial charge in [0.15, 0.2) is 0 Å². The van der Waals surface area contributed by atoms with Crippen LogP contribution in [0.25, 0.3) is 0 Å². The summed E-state index contributed by atoms with van der Waals surface area (Å²) in [4.78, 5) is 28.6. The van der Waals surface area contributed by atoms with Crippen molar-refractivity contribution in [1.29, 1.82) is 0 Å². The van der Waals surface area contributed by atoms with Gasteiger partial charge in [0, 0.05) is 36.0 Å². The fourth-order valence-electron chi connectivity index (χ4n) is 2.96. The van der Waals surface area contributed by atoms with Crippen molar-refractivity contribution in [2.75, 3.05) is 13.2 Å². The Morgan fingerprint density at radius 1 is 0.793 bits per heavy atom. The number of carbonyl (C=O) groups excluding carboxylic acids is 1. The Morgan fingerprint density at radius 2 is 1.21 bits per heavy atom. The molecular formula is C20H41NaO7P. The average Bonchev–Trinajstić information content (AvgIpc) is 2.64. The number of rotatable bonds is 20. The second-order valence-corrected chi connectivity index (χ2v) is 8.71. The maximum Gasteiger partial charge on any atom is 0.469 e. The number of esters is 1. The Morgan fingerprint density at radius 3 is 1.62 bits per heavy atom. The molecule has 0 spiro atoms. The van der Waals surface area contributed by atoms with E-state index in [0.29, 0.717) is 6.42 Å². The van der Waals surface area contributed by atoms with Gasteiger partial charge in [0.1, 0.15) is 12.7 Å². The third kappa shape index (κ3) is 26.5. The van der Waals surface area contributed by atoms with Crippen LogP contribution in [0.1, 0.15) is 103 Å². The third-order valence-corrected chi connectivity index (χ3v) is 5.09. The van der Waals surface area contributed by atoms with Crippen LogP contribution in [-0.2, 0) is 18.6 Å². The molecule has 0 heterocycles. The molecule has 0 aliphatic carbocycles. The van der Waals surface area contributed by atoms with Gasteiger partial charge in [0.2, 0.25) is 0 Å². The number of phosphoric acid groups is 1. The van der Waals surface area contributed by atoms with Gasteiger partial charge < -0.3 is 19.6 Å². The van der Waals surface area contributed by atoms with Crippen molar-refractivity contribution in [3.8, 4) is 0 Å². The van der Waals surface area contributed by atoms with Crippen LogP contribution >= 0.6 is 7.82 Å². The van der Waals surface area contributed by atoms with Gasteiger partial charge in [-0.2, -0.15) is 0 Å². The predicted molar refractivity (Wildman–Crippen MR) is 116 cm³/mol. The third-order valence-electron chi connectivity index (χ3n) is 4.61. The molecule has 3 N–H and O–H groups in total. The maximum atomic E-state index is 11.5. The monoisotopic (exact) mass is 447 g/mol. The topological polar surface area (TPSA) is 113 Å². The quantitative estimate of drug-likeness (QED) is 0.109. The number of hydrogen-bond donors (Lipinski definition) is 3. The summed E-state index contributed by atoms with van der Waals surface area (Å²) in [7, 11) is -4.61. The molecule has 0 bridgehead atoms. The van der Waals surface area contributed by atoms with Crippen LogP contribution in [0.5, 0.6) is 0 Å². The smallest absolute Gasteiger partial charge is 0.463 e. The van der Waals surface area contributed by atoms with Gasteiger partial charge in [-0.3, -0.25) is 9.32 Å². The van der Waals surface area contributed by atoms with E-state index in [2.05, 4.69) is 11.4 Å². The molecule has 0 amide bonds. The molecule has 0 fully saturated rings. The van der Waals surface area contributed by atoms with Crippen molar-refractivity contribution < 1.29 is 33.5 Å². The molecule has 0 saturated carbocycles. The molecule has 0 aromatic heterocycles. The summed E-state index contributed by atoms with van der Waals surface area (Å²) in [5.74, 6) is -0.408. The van der Waals surface area contributed by atoms with E-state index in [1.54, 1.807) is 0 Å². The molecule has 7 nitrogen and oxygen atoms in total. The minimum absolute atomic E-state index is 0. The Bertz CT molecular complexity index is 418. The standard InChI is InChI=1S/C20H41O7P.Na/c1-2-3-4-5-6-7-8-9-10-11-12-13-14-15-16-20(22)26-17-19(21)18-27-28(23,24)25;/h19,21H,2-18H2,1H3,(H2,23,24,25);/t19-;/m1./s1. The van der Waals surface area contributed by atoms with E-state index in [4.69, 9.17) is 14.5 Å². The van der Waals surface area contributed by atoms with E-state index in [0.717, 1.165) is 19.3 Å². The summed E-state index contributed by atoms with van der Waals surface area (Å²) in [5, 5.41) is 9.41. The Kier molecular flexibility index (Phi) is 23.8. The normalized spacial score (nSPS) is 12.4. The molecule has 0 aromatic carbocycles. The van der Waals surface area contributed by atoms with E-state index in [-0.39, 0.29) is 36.2 Å². The number of carbonyl (C=O) groups is 1. The average molecular weight is 448 g/mol. The van der Waals surface area contributed by atoms with Crippen molar-refractivity contribution in [2.24, 2.45) is 0 Å². The van der Waals surface area contributed by atoms with Crippen LogP contribution in [0.15, 0.2) is 0 Å². The van der Waals surface area contributed by atoms with E-state index >= 15 is 0 Å². The van der Waals surface area contributed by atoms with Gasteiger partial charge in [-0.15, -0.1) is 0 Å². The van der Waals surface area contributed by atoms with Crippen molar-refractivity contribution in [3.63, 3.8) is 0 Å². The number of aliphatic hydroxyl groups excluding tert-OH is 1. The number of unbranched alkanes of at least 4 members (excludes halogenated alkanes) is 13. The van der Waals surface area contributed by atoms with Crippen molar-refractivity contribution in [3.05, 3.63) is 0 Å². The summed E-state index contributed by atoms with van der Waals surface area (Å²) in [6.07, 6.45) is 16.5. The second-order valence-electron chi connectivity index (χ2n) is 7.47. The summed E-state index contributed by atoms with van der Waals surface area (Å²) in [6, 6.07) is 0.